The predicted molar refractivity (Wildman–Crippen MR) is 73.7 cm³/mol. The van der Waals surface area contributed by atoms with Gasteiger partial charge in [-0.2, -0.15) is 0 Å². The van der Waals surface area contributed by atoms with E-state index in [1.807, 2.05) is 26.0 Å². The summed E-state index contributed by atoms with van der Waals surface area (Å²) in [4.78, 5) is 0. The fraction of sp³-hybridized carbons (Fsp3) is 0.385. The highest BCUT2D eigenvalue weighted by Gasteiger charge is 2.17. The molecular formula is C13H18N2O4S. The van der Waals surface area contributed by atoms with Gasteiger partial charge in [0.25, 0.3) is 10.0 Å². The van der Waals surface area contributed by atoms with Gasteiger partial charge in [0.2, 0.25) is 5.09 Å². The summed E-state index contributed by atoms with van der Waals surface area (Å²) in [6, 6.07) is 6.89. The summed E-state index contributed by atoms with van der Waals surface area (Å²) in [7, 11) is -2.18. The minimum atomic E-state index is -3.53. The average Bonchev–Trinajstić information content (AvgIpc) is 3.05. The lowest BCUT2D eigenvalue weighted by Gasteiger charge is -2.09. The normalized spacial score (nSPS) is 13.6. The second kappa shape index (κ2) is 5.82. The zero-order valence-corrected chi connectivity index (χ0v) is 12.5. The largest absolute Gasteiger partial charge is 0.465 e. The van der Waals surface area contributed by atoms with Crippen LogP contribution >= 0.6 is 0 Å². The van der Waals surface area contributed by atoms with E-state index < -0.39 is 10.0 Å². The second-order valence-corrected chi connectivity index (χ2v) is 6.30. The lowest BCUT2D eigenvalue weighted by atomic mass is 10.2. The van der Waals surface area contributed by atoms with Crippen molar-refractivity contribution >= 4 is 10.0 Å². The third-order valence-electron chi connectivity index (χ3n) is 2.94. The summed E-state index contributed by atoms with van der Waals surface area (Å²) in [5, 5.41) is 3.12. The third kappa shape index (κ3) is 3.30. The van der Waals surface area contributed by atoms with Crippen molar-refractivity contribution in [2.75, 3.05) is 7.05 Å². The first-order valence-electron chi connectivity index (χ1n) is 6.24. The summed E-state index contributed by atoms with van der Waals surface area (Å²) >= 11 is 0. The van der Waals surface area contributed by atoms with Gasteiger partial charge in [-0.3, -0.25) is 0 Å². The monoisotopic (exact) mass is 298 g/mol. The standard InChI is InChI=1S/C13H18N2O4S/c1-9-4-6-12(18-9)10(2)15-8-11-5-7-13(19-11)20(16,17)14-3/h4-7,10,14-15H,8H2,1-3H3. The highest BCUT2D eigenvalue weighted by atomic mass is 32.2. The van der Waals surface area contributed by atoms with E-state index in [0.717, 1.165) is 11.5 Å². The number of rotatable bonds is 6. The van der Waals surface area contributed by atoms with E-state index in [1.165, 1.54) is 13.1 Å². The molecule has 6 nitrogen and oxygen atoms in total. The Balaban J connectivity index is 1.98. The van der Waals surface area contributed by atoms with Crippen LogP contribution in [-0.4, -0.2) is 15.5 Å². The van der Waals surface area contributed by atoms with Gasteiger partial charge >= 0.3 is 0 Å². The lowest BCUT2D eigenvalue weighted by molar-refractivity contribution is 0.372. The van der Waals surface area contributed by atoms with Crippen molar-refractivity contribution in [3.05, 3.63) is 41.5 Å². The molecule has 0 radical (unpaired) electrons. The van der Waals surface area contributed by atoms with Crippen LogP contribution in [0.4, 0.5) is 0 Å². The van der Waals surface area contributed by atoms with Crippen molar-refractivity contribution in [2.45, 2.75) is 31.5 Å². The Morgan fingerprint density at radius 3 is 2.55 bits per heavy atom. The minimum absolute atomic E-state index is 0.0122. The molecule has 0 spiro atoms. The summed E-state index contributed by atoms with van der Waals surface area (Å²) in [5.41, 5.74) is 0. The molecule has 0 aliphatic carbocycles. The Morgan fingerprint density at radius 2 is 1.95 bits per heavy atom. The fourth-order valence-corrected chi connectivity index (χ4v) is 2.40. The molecule has 1 unspecified atom stereocenters. The third-order valence-corrected chi connectivity index (χ3v) is 4.23. The zero-order valence-electron chi connectivity index (χ0n) is 11.6. The predicted octanol–water partition coefficient (Wildman–Crippen LogP) is 1.94. The van der Waals surface area contributed by atoms with Crippen molar-refractivity contribution in [1.82, 2.24) is 10.0 Å². The van der Waals surface area contributed by atoms with Crippen molar-refractivity contribution in [3.63, 3.8) is 0 Å². The van der Waals surface area contributed by atoms with Gasteiger partial charge < -0.3 is 14.2 Å². The van der Waals surface area contributed by atoms with E-state index in [0.29, 0.717) is 12.3 Å². The van der Waals surface area contributed by atoms with Crippen LogP contribution in [0.25, 0.3) is 0 Å². The van der Waals surface area contributed by atoms with Crippen LogP contribution in [0.1, 0.15) is 30.2 Å². The van der Waals surface area contributed by atoms with Gasteiger partial charge in [0, 0.05) is 0 Å². The maximum Gasteiger partial charge on any atom is 0.273 e. The van der Waals surface area contributed by atoms with Gasteiger partial charge in [-0.1, -0.05) is 0 Å². The van der Waals surface area contributed by atoms with E-state index in [4.69, 9.17) is 8.83 Å². The van der Waals surface area contributed by atoms with Crippen molar-refractivity contribution in [1.29, 1.82) is 0 Å². The van der Waals surface area contributed by atoms with Crippen molar-refractivity contribution < 1.29 is 17.3 Å². The highest BCUT2D eigenvalue weighted by molar-refractivity contribution is 7.89. The number of aryl methyl sites for hydroxylation is 1. The molecule has 1 atom stereocenters. The Bertz CT molecular complexity index is 672. The maximum atomic E-state index is 11.5. The number of sulfonamides is 1. The molecule has 0 saturated heterocycles. The second-order valence-electron chi connectivity index (χ2n) is 4.48. The quantitative estimate of drug-likeness (QED) is 0.851. The first kappa shape index (κ1) is 14.8. The van der Waals surface area contributed by atoms with E-state index >= 15 is 0 Å². The Kier molecular flexibility index (Phi) is 4.32. The molecule has 2 aromatic heterocycles. The van der Waals surface area contributed by atoms with Crippen LogP contribution in [0, 0.1) is 6.92 Å². The summed E-state index contributed by atoms with van der Waals surface area (Å²) < 4.78 is 36.1. The smallest absolute Gasteiger partial charge is 0.273 e. The average molecular weight is 298 g/mol. The Morgan fingerprint density at radius 1 is 1.20 bits per heavy atom. The SMILES string of the molecule is CNS(=O)(=O)c1ccc(CNC(C)c2ccc(C)o2)o1. The molecule has 0 aromatic carbocycles. The first-order chi connectivity index (χ1) is 9.42. The summed E-state index contributed by atoms with van der Waals surface area (Å²) in [5.74, 6) is 2.24. The first-order valence-corrected chi connectivity index (χ1v) is 7.72. The van der Waals surface area contributed by atoms with Crippen LogP contribution in [-0.2, 0) is 16.6 Å². The van der Waals surface area contributed by atoms with Gasteiger partial charge in [-0.25, -0.2) is 13.1 Å². The molecule has 0 bridgehead atoms. The van der Waals surface area contributed by atoms with Crippen LogP contribution < -0.4 is 10.0 Å². The summed E-state index contributed by atoms with van der Waals surface area (Å²) in [6.07, 6.45) is 0. The molecule has 20 heavy (non-hydrogen) atoms. The van der Waals surface area contributed by atoms with Crippen molar-refractivity contribution in [3.8, 4) is 0 Å². The molecule has 0 aliphatic heterocycles. The van der Waals surface area contributed by atoms with Gasteiger partial charge in [0.15, 0.2) is 0 Å². The number of nitrogens with one attached hydrogen (secondary N) is 2. The molecule has 0 fully saturated rings. The maximum absolute atomic E-state index is 11.5. The highest BCUT2D eigenvalue weighted by Crippen LogP contribution is 2.18. The molecule has 2 rings (SSSR count). The van der Waals surface area contributed by atoms with E-state index in [9.17, 15) is 8.42 Å². The Hall–Kier alpha value is -1.57. The molecule has 7 heteroatoms. The molecule has 2 heterocycles. The van der Waals surface area contributed by atoms with E-state index in [2.05, 4.69) is 10.0 Å². The van der Waals surface area contributed by atoms with Gasteiger partial charge in [0.1, 0.15) is 17.3 Å². The molecule has 2 N–H and O–H groups in total. The van der Waals surface area contributed by atoms with Crippen LogP contribution in [0.3, 0.4) is 0 Å². The van der Waals surface area contributed by atoms with Gasteiger partial charge in [-0.05, 0) is 45.2 Å². The van der Waals surface area contributed by atoms with E-state index in [-0.39, 0.29) is 11.1 Å². The number of furan rings is 2. The van der Waals surface area contributed by atoms with Crippen molar-refractivity contribution in [2.24, 2.45) is 0 Å². The molecular weight excluding hydrogens is 280 g/mol. The van der Waals surface area contributed by atoms with Gasteiger partial charge in [0.05, 0.1) is 12.6 Å². The minimum Gasteiger partial charge on any atom is -0.465 e. The molecule has 0 aliphatic rings. The van der Waals surface area contributed by atoms with Crippen LogP contribution in [0.15, 0.2) is 38.2 Å². The lowest BCUT2D eigenvalue weighted by Crippen LogP contribution is -2.18. The summed E-state index contributed by atoms with van der Waals surface area (Å²) in [6.45, 7) is 4.27. The topological polar surface area (TPSA) is 84.5 Å². The number of hydrogen-bond donors (Lipinski definition) is 2. The molecule has 2 aromatic rings. The van der Waals surface area contributed by atoms with Crippen LogP contribution in [0.5, 0.6) is 0 Å². The number of hydrogen-bond acceptors (Lipinski definition) is 5. The molecule has 0 saturated carbocycles. The molecule has 110 valence electrons. The van der Waals surface area contributed by atoms with E-state index in [1.54, 1.807) is 6.07 Å². The Labute approximate surface area is 118 Å². The van der Waals surface area contributed by atoms with Crippen LogP contribution in [0.2, 0.25) is 0 Å². The zero-order chi connectivity index (χ0) is 14.8. The van der Waals surface area contributed by atoms with Gasteiger partial charge in [-0.15, -0.1) is 0 Å². The fourth-order valence-electron chi connectivity index (χ4n) is 1.74. The molecule has 0 amide bonds.